The van der Waals surface area contributed by atoms with E-state index in [2.05, 4.69) is 21.2 Å². The van der Waals surface area contributed by atoms with Crippen molar-refractivity contribution in [2.45, 2.75) is 25.3 Å². The topological polar surface area (TPSA) is 66.4 Å². The summed E-state index contributed by atoms with van der Waals surface area (Å²) in [6.07, 6.45) is 4.71. The number of aliphatic carboxylic acids is 1. The first-order valence-corrected chi connectivity index (χ1v) is 7.21. The molecule has 0 aromatic heterocycles. The van der Waals surface area contributed by atoms with Gasteiger partial charge in [0.1, 0.15) is 5.54 Å². The van der Waals surface area contributed by atoms with E-state index in [1.165, 1.54) is 6.08 Å². The maximum Gasteiger partial charge on any atom is 0.329 e. The number of hydrogen-bond acceptors (Lipinski definition) is 2. The van der Waals surface area contributed by atoms with Crippen LogP contribution in [0, 0.1) is 5.92 Å². The minimum Gasteiger partial charge on any atom is -0.480 e. The Kier molecular flexibility index (Phi) is 4.28. The van der Waals surface area contributed by atoms with Crippen LogP contribution in [0.15, 0.2) is 34.8 Å². The highest BCUT2D eigenvalue weighted by atomic mass is 79.9. The van der Waals surface area contributed by atoms with Gasteiger partial charge in [-0.2, -0.15) is 0 Å². The van der Waals surface area contributed by atoms with Crippen LogP contribution in [0.4, 0.5) is 0 Å². The van der Waals surface area contributed by atoms with Gasteiger partial charge in [-0.15, -0.1) is 0 Å². The molecule has 0 bridgehead atoms. The summed E-state index contributed by atoms with van der Waals surface area (Å²) in [5, 5.41) is 11.9. The number of hydrogen-bond donors (Lipinski definition) is 2. The standard InChI is InChI=1S/C15H16BrNO3/c1-15(14(19)20,11-7-8-11)17-13(18)9-6-10-4-2-3-5-12(10)16/h2-6,9,11H,7-8H2,1H3,(H,17,18)(H,19,20)/b9-6+. The number of benzene rings is 1. The van der Waals surface area contributed by atoms with Gasteiger partial charge >= 0.3 is 5.97 Å². The molecule has 106 valence electrons. The fraction of sp³-hybridized carbons (Fsp3) is 0.333. The molecule has 1 fully saturated rings. The molecule has 1 aliphatic rings. The molecule has 2 rings (SSSR count). The van der Waals surface area contributed by atoms with Crippen LogP contribution in [0.3, 0.4) is 0 Å². The lowest BCUT2D eigenvalue weighted by Crippen LogP contribution is -2.53. The molecule has 0 spiro atoms. The molecule has 1 atom stereocenters. The highest BCUT2D eigenvalue weighted by Gasteiger charge is 2.48. The third-order valence-corrected chi connectivity index (χ3v) is 4.26. The summed E-state index contributed by atoms with van der Waals surface area (Å²) in [7, 11) is 0. The lowest BCUT2D eigenvalue weighted by molar-refractivity contribution is -0.147. The largest absolute Gasteiger partial charge is 0.480 e. The van der Waals surface area contributed by atoms with Crippen LogP contribution in [-0.2, 0) is 9.59 Å². The quantitative estimate of drug-likeness (QED) is 0.812. The normalized spacial score (nSPS) is 17.7. The van der Waals surface area contributed by atoms with Gasteiger partial charge in [-0.25, -0.2) is 4.79 Å². The zero-order chi connectivity index (χ0) is 14.8. The summed E-state index contributed by atoms with van der Waals surface area (Å²) in [5.41, 5.74) is -0.305. The second-order valence-corrected chi connectivity index (χ2v) is 5.98. The summed E-state index contributed by atoms with van der Waals surface area (Å²) in [4.78, 5) is 23.2. The van der Waals surface area contributed by atoms with E-state index in [1.807, 2.05) is 24.3 Å². The molecular formula is C15H16BrNO3. The molecule has 1 unspecified atom stereocenters. The Labute approximate surface area is 126 Å². The van der Waals surface area contributed by atoms with Crippen molar-refractivity contribution in [3.63, 3.8) is 0 Å². The third kappa shape index (κ3) is 3.28. The van der Waals surface area contributed by atoms with Gasteiger partial charge in [-0.3, -0.25) is 4.79 Å². The fourth-order valence-electron chi connectivity index (χ4n) is 2.06. The van der Waals surface area contributed by atoms with E-state index in [1.54, 1.807) is 13.0 Å². The van der Waals surface area contributed by atoms with Crippen LogP contribution in [-0.4, -0.2) is 22.5 Å². The zero-order valence-electron chi connectivity index (χ0n) is 11.1. The first-order valence-electron chi connectivity index (χ1n) is 6.41. The van der Waals surface area contributed by atoms with Crippen LogP contribution in [0.2, 0.25) is 0 Å². The minimum absolute atomic E-state index is 0.0285. The Morgan fingerprint density at radius 3 is 2.60 bits per heavy atom. The minimum atomic E-state index is -1.17. The van der Waals surface area contributed by atoms with Crippen LogP contribution in [0.5, 0.6) is 0 Å². The number of halogens is 1. The molecule has 1 aromatic carbocycles. The molecule has 5 heteroatoms. The maximum atomic E-state index is 11.9. The molecule has 1 aliphatic carbocycles. The molecule has 1 amide bonds. The molecule has 1 aromatic rings. The van der Waals surface area contributed by atoms with Gasteiger partial charge in [-0.05, 0) is 43.4 Å². The van der Waals surface area contributed by atoms with Crippen molar-refractivity contribution in [2.75, 3.05) is 0 Å². The van der Waals surface area contributed by atoms with Gasteiger partial charge < -0.3 is 10.4 Å². The molecule has 0 aliphatic heterocycles. The van der Waals surface area contributed by atoms with Crippen LogP contribution in [0.1, 0.15) is 25.3 Å². The van der Waals surface area contributed by atoms with Crippen molar-refractivity contribution in [3.8, 4) is 0 Å². The highest BCUT2D eigenvalue weighted by Crippen LogP contribution is 2.39. The van der Waals surface area contributed by atoms with E-state index < -0.39 is 17.4 Å². The fourth-order valence-corrected chi connectivity index (χ4v) is 2.48. The van der Waals surface area contributed by atoms with E-state index in [9.17, 15) is 14.7 Å². The van der Waals surface area contributed by atoms with Gasteiger partial charge in [0.25, 0.3) is 0 Å². The molecular weight excluding hydrogens is 322 g/mol. The van der Waals surface area contributed by atoms with Crippen molar-refractivity contribution in [1.29, 1.82) is 0 Å². The Hall–Kier alpha value is -1.62. The van der Waals surface area contributed by atoms with Gasteiger partial charge in [0.05, 0.1) is 0 Å². The number of carbonyl (C=O) groups is 2. The van der Waals surface area contributed by atoms with Crippen LogP contribution < -0.4 is 5.32 Å². The average Bonchev–Trinajstić information content (AvgIpc) is 3.22. The molecule has 2 N–H and O–H groups in total. The smallest absolute Gasteiger partial charge is 0.329 e. The second-order valence-electron chi connectivity index (χ2n) is 5.13. The first-order chi connectivity index (χ1) is 9.43. The number of amides is 1. The second kappa shape index (κ2) is 5.79. The Bertz CT molecular complexity index is 566. The van der Waals surface area contributed by atoms with Crippen molar-refractivity contribution >= 4 is 33.9 Å². The maximum absolute atomic E-state index is 11.9. The molecule has 4 nitrogen and oxygen atoms in total. The summed E-state index contributed by atoms with van der Waals surface area (Å²) in [6, 6.07) is 7.50. The lowest BCUT2D eigenvalue weighted by atomic mass is 9.96. The van der Waals surface area contributed by atoms with E-state index in [0.717, 1.165) is 22.9 Å². The van der Waals surface area contributed by atoms with Crippen molar-refractivity contribution in [1.82, 2.24) is 5.32 Å². The predicted molar refractivity (Wildman–Crippen MR) is 80.1 cm³/mol. The van der Waals surface area contributed by atoms with E-state index >= 15 is 0 Å². The van der Waals surface area contributed by atoms with Crippen LogP contribution >= 0.6 is 15.9 Å². The van der Waals surface area contributed by atoms with E-state index in [4.69, 9.17) is 0 Å². The molecule has 1 saturated carbocycles. The summed E-state index contributed by atoms with van der Waals surface area (Å²) < 4.78 is 0.882. The van der Waals surface area contributed by atoms with Gasteiger partial charge in [-0.1, -0.05) is 34.1 Å². The Balaban J connectivity index is 2.05. The van der Waals surface area contributed by atoms with Crippen molar-refractivity contribution < 1.29 is 14.7 Å². The summed E-state index contributed by atoms with van der Waals surface area (Å²) >= 11 is 3.39. The first kappa shape index (κ1) is 14.8. The monoisotopic (exact) mass is 337 g/mol. The molecule has 0 radical (unpaired) electrons. The third-order valence-electron chi connectivity index (χ3n) is 3.54. The molecule has 0 saturated heterocycles. The SMILES string of the molecule is CC(NC(=O)/C=C/c1ccccc1Br)(C(=O)O)C1CC1. The summed E-state index contributed by atoms with van der Waals surface area (Å²) in [5.74, 6) is -1.35. The van der Waals surface area contributed by atoms with Crippen molar-refractivity contribution in [3.05, 3.63) is 40.4 Å². The number of carbonyl (C=O) groups excluding carboxylic acids is 1. The molecule has 20 heavy (non-hydrogen) atoms. The average molecular weight is 338 g/mol. The van der Waals surface area contributed by atoms with Crippen LogP contribution in [0.25, 0.3) is 6.08 Å². The predicted octanol–water partition coefficient (Wildman–Crippen LogP) is 2.83. The van der Waals surface area contributed by atoms with Gasteiger partial charge in [0.15, 0.2) is 0 Å². The zero-order valence-corrected chi connectivity index (χ0v) is 12.7. The number of carboxylic acids is 1. The van der Waals surface area contributed by atoms with E-state index in [-0.39, 0.29) is 5.92 Å². The Morgan fingerprint density at radius 2 is 2.05 bits per heavy atom. The molecule has 0 heterocycles. The Morgan fingerprint density at radius 1 is 1.40 bits per heavy atom. The lowest BCUT2D eigenvalue weighted by Gasteiger charge is -2.25. The number of rotatable bonds is 5. The number of nitrogens with one attached hydrogen (secondary N) is 1. The van der Waals surface area contributed by atoms with Crippen molar-refractivity contribution in [2.24, 2.45) is 5.92 Å². The van der Waals surface area contributed by atoms with E-state index in [0.29, 0.717) is 0 Å². The van der Waals surface area contributed by atoms with Gasteiger partial charge in [0, 0.05) is 10.5 Å². The summed E-state index contributed by atoms with van der Waals surface area (Å²) in [6.45, 7) is 1.57. The highest BCUT2D eigenvalue weighted by molar-refractivity contribution is 9.10. The number of carboxylic acid groups (broad SMARTS) is 1. The van der Waals surface area contributed by atoms with Gasteiger partial charge in [0.2, 0.25) is 5.91 Å².